The van der Waals surface area contributed by atoms with Crippen molar-refractivity contribution < 1.29 is 29.6 Å². The zero-order chi connectivity index (χ0) is 12.3. The third-order valence-electron chi connectivity index (χ3n) is 2.08. The van der Waals surface area contributed by atoms with Gasteiger partial charge in [0.05, 0.1) is 12.5 Å². The largest absolute Gasteiger partial charge is 0.505 e. The quantitative estimate of drug-likeness (QED) is 0.600. The van der Waals surface area contributed by atoms with Gasteiger partial charge in [0.15, 0.2) is 11.6 Å². The predicted molar refractivity (Wildman–Crippen MR) is 51.3 cm³/mol. The second kappa shape index (κ2) is 4.91. The Morgan fingerprint density at radius 2 is 2.00 bits per heavy atom. The average molecular weight is 230 g/mol. The zero-order valence-corrected chi connectivity index (χ0v) is 8.17. The van der Waals surface area contributed by atoms with Crippen LogP contribution in [0.1, 0.15) is 18.1 Å². The molecule has 0 radical (unpaired) electrons. The molecule has 16 heavy (non-hydrogen) atoms. The lowest BCUT2D eigenvalue weighted by molar-refractivity contribution is -0.141. The van der Waals surface area contributed by atoms with Crippen molar-refractivity contribution in [1.82, 2.24) is 0 Å². The molecule has 0 aromatic heterocycles. The van der Waals surface area contributed by atoms with Gasteiger partial charge in [-0.2, -0.15) is 0 Å². The highest BCUT2D eigenvalue weighted by molar-refractivity contribution is 5.67. The van der Waals surface area contributed by atoms with E-state index in [-0.39, 0.29) is 5.56 Å². The van der Waals surface area contributed by atoms with Crippen molar-refractivity contribution in [2.45, 2.75) is 18.6 Å². The summed E-state index contributed by atoms with van der Waals surface area (Å²) in [4.78, 5) is 10.3. The van der Waals surface area contributed by atoms with Crippen molar-refractivity contribution in [2.24, 2.45) is 0 Å². The molecule has 0 aliphatic heterocycles. The minimum atomic E-state index is -1.69. The van der Waals surface area contributed by atoms with Crippen molar-refractivity contribution in [2.75, 3.05) is 0 Å². The maximum atomic E-state index is 13.3. The Morgan fingerprint density at radius 1 is 1.38 bits per heavy atom. The average Bonchev–Trinajstić information content (AvgIpc) is 2.20. The number of hydrogen-bond acceptors (Lipinski definition) is 4. The van der Waals surface area contributed by atoms with Gasteiger partial charge in [0.1, 0.15) is 6.10 Å². The van der Waals surface area contributed by atoms with E-state index in [0.717, 1.165) is 12.1 Å². The van der Waals surface area contributed by atoms with Crippen molar-refractivity contribution >= 4 is 5.97 Å². The molecule has 0 spiro atoms. The summed E-state index contributed by atoms with van der Waals surface area (Å²) in [6.45, 7) is 0. The summed E-state index contributed by atoms with van der Waals surface area (Å²) in [7, 11) is 0. The van der Waals surface area contributed by atoms with Gasteiger partial charge < -0.3 is 20.4 Å². The van der Waals surface area contributed by atoms with Crippen molar-refractivity contribution in [3.8, 4) is 5.75 Å². The van der Waals surface area contributed by atoms with Gasteiger partial charge >= 0.3 is 5.97 Å². The number of benzene rings is 1. The number of aliphatic carboxylic acids is 1. The molecule has 4 N–H and O–H groups in total. The first-order valence-electron chi connectivity index (χ1n) is 4.48. The van der Waals surface area contributed by atoms with Crippen LogP contribution in [0.3, 0.4) is 0 Å². The van der Waals surface area contributed by atoms with Gasteiger partial charge in [-0.05, 0) is 6.07 Å². The molecule has 0 heterocycles. The molecule has 0 saturated heterocycles. The molecule has 0 amide bonds. The van der Waals surface area contributed by atoms with Crippen molar-refractivity contribution in [3.63, 3.8) is 0 Å². The van der Waals surface area contributed by atoms with E-state index in [1.54, 1.807) is 0 Å². The van der Waals surface area contributed by atoms with Gasteiger partial charge in [-0.1, -0.05) is 12.1 Å². The van der Waals surface area contributed by atoms with E-state index in [9.17, 15) is 19.4 Å². The Morgan fingerprint density at radius 3 is 2.56 bits per heavy atom. The predicted octanol–water partition coefficient (Wildman–Crippen LogP) is 0.400. The molecule has 0 aliphatic rings. The minimum absolute atomic E-state index is 0.339. The van der Waals surface area contributed by atoms with E-state index in [2.05, 4.69) is 0 Å². The maximum absolute atomic E-state index is 13.3. The normalized spacial score (nSPS) is 14.4. The van der Waals surface area contributed by atoms with Crippen LogP contribution in [0.15, 0.2) is 18.2 Å². The number of aromatic hydroxyl groups is 1. The lowest BCUT2D eigenvalue weighted by Crippen LogP contribution is -2.22. The van der Waals surface area contributed by atoms with E-state index < -0.39 is 36.2 Å². The van der Waals surface area contributed by atoms with Gasteiger partial charge in [0.25, 0.3) is 0 Å². The van der Waals surface area contributed by atoms with Crippen molar-refractivity contribution in [3.05, 3.63) is 29.6 Å². The Balaban J connectivity index is 2.91. The second-order valence-corrected chi connectivity index (χ2v) is 3.29. The Kier molecular flexibility index (Phi) is 3.81. The summed E-state index contributed by atoms with van der Waals surface area (Å²) >= 11 is 0. The second-order valence-electron chi connectivity index (χ2n) is 3.29. The van der Waals surface area contributed by atoms with Gasteiger partial charge in [-0.25, -0.2) is 4.39 Å². The highest BCUT2D eigenvalue weighted by atomic mass is 19.1. The highest BCUT2D eigenvalue weighted by Crippen LogP contribution is 2.26. The molecular weight excluding hydrogens is 219 g/mol. The molecule has 5 nitrogen and oxygen atoms in total. The van der Waals surface area contributed by atoms with Gasteiger partial charge in [0.2, 0.25) is 0 Å². The summed E-state index contributed by atoms with van der Waals surface area (Å²) in [6.07, 6.45) is -4.03. The lowest BCUT2D eigenvalue weighted by Gasteiger charge is -2.17. The molecule has 0 aliphatic carbocycles. The third kappa shape index (κ3) is 2.68. The smallest absolute Gasteiger partial charge is 0.306 e. The van der Waals surface area contributed by atoms with E-state index in [4.69, 9.17) is 10.2 Å². The van der Waals surface area contributed by atoms with Crippen LogP contribution in [0.4, 0.5) is 4.39 Å². The van der Waals surface area contributed by atoms with E-state index in [0.29, 0.717) is 0 Å². The SMILES string of the molecule is O=C(O)CC(O)C(O)c1cccc(O)c1F. The summed E-state index contributed by atoms with van der Waals surface area (Å²) in [5, 5.41) is 36.2. The number of aliphatic hydroxyl groups is 2. The van der Waals surface area contributed by atoms with Crippen LogP contribution in [0.25, 0.3) is 0 Å². The first-order chi connectivity index (χ1) is 7.43. The first kappa shape index (κ1) is 12.4. The summed E-state index contributed by atoms with van der Waals surface area (Å²) in [6, 6.07) is 3.52. The van der Waals surface area contributed by atoms with Crippen LogP contribution in [0.2, 0.25) is 0 Å². The summed E-state index contributed by atoms with van der Waals surface area (Å²) in [5.41, 5.74) is -0.339. The number of carboxylic acid groups (broad SMARTS) is 1. The topological polar surface area (TPSA) is 98.0 Å². The van der Waals surface area contributed by atoms with E-state index in [1.807, 2.05) is 0 Å². The lowest BCUT2D eigenvalue weighted by atomic mass is 10.0. The molecule has 0 bridgehead atoms. The number of phenolic OH excluding ortho intramolecular Hbond substituents is 1. The first-order valence-corrected chi connectivity index (χ1v) is 4.48. The molecule has 1 aromatic carbocycles. The molecule has 0 fully saturated rings. The van der Waals surface area contributed by atoms with E-state index >= 15 is 0 Å². The Bertz CT molecular complexity index is 393. The summed E-state index contributed by atoms with van der Waals surface area (Å²) < 4.78 is 13.3. The standard InChI is InChI=1S/C10H11FO5/c11-9-5(2-1-3-6(9)12)10(16)7(13)4-8(14)15/h1-3,7,10,12-13,16H,4H2,(H,14,15). The van der Waals surface area contributed by atoms with Crippen LogP contribution in [-0.2, 0) is 4.79 Å². The molecule has 1 rings (SSSR count). The molecule has 2 unspecified atom stereocenters. The zero-order valence-electron chi connectivity index (χ0n) is 8.17. The Hall–Kier alpha value is -1.66. The number of aliphatic hydroxyl groups excluding tert-OH is 2. The van der Waals surface area contributed by atoms with Crippen LogP contribution in [0, 0.1) is 5.82 Å². The fourth-order valence-corrected chi connectivity index (χ4v) is 1.26. The summed E-state index contributed by atoms with van der Waals surface area (Å²) in [5.74, 6) is -3.05. The maximum Gasteiger partial charge on any atom is 0.306 e. The molecule has 6 heteroatoms. The number of carboxylic acids is 1. The number of phenols is 1. The van der Waals surface area contributed by atoms with Crippen molar-refractivity contribution in [1.29, 1.82) is 0 Å². The van der Waals surface area contributed by atoms with Crippen LogP contribution in [0.5, 0.6) is 5.75 Å². The van der Waals surface area contributed by atoms with Crippen LogP contribution >= 0.6 is 0 Å². The minimum Gasteiger partial charge on any atom is -0.505 e. The highest BCUT2D eigenvalue weighted by Gasteiger charge is 2.24. The van der Waals surface area contributed by atoms with Gasteiger partial charge in [-0.3, -0.25) is 4.79 Å². The number of hydrogen-bond donors (Lipinski definition) is 4. The molecule has 0 saturated carbocycles. The fraction of sp³-hybridized carbons (Fsp3) is 0.300. The molecule has 2 atom stereocenters. The molecule has 1 aromatic rings. The number of halogens is 1. The van der Waals surface area contributed by atoms with Crippen LogP contribution in [-0.4, -0.2) is 32.5 Å². The molecular formula is C10H11FO5. The fourth-order valence-electron chi connectivity index (χ4n) is 1.26. The van der Waals surface area contributed by atoms with Gasteiger partial charge in [0, 0.05) is 5.56 Å². The number of rotatable bonds is 4. The molecule has 88 valence electrons. The Labute approximate surface area is 90.4 Å². The number of carbonyl (C=O) groups is 1. The monoisotopic (exact) mass is 230 g/mol. The van der Waals surface area contributed by atoms with E-state index in [1.165, 1.54) is 6.07 Å². The third-order valence-corrected chi connectivity index (χ3v) is 2.08. The van der Waals surface area contributed by atoms with Gasteiger partial charge in [-0.15, -0.1) is 0 Å². The van der Waals surface area contributed by atoms with Crippen LogP contribution < -0.4 is 0 Å².